The molecule has 182 valence electrons. The third kappa shape index (κ3) is 12.0. The van der Waals surface area contributed by atoms with Crippen molar-refractivity contribution in [1.29, 1.82) is 10.5 Å². The lowest BCUT2D eigenvalue weighted by Gasteiger charge is -2.17. The number of nitrogens with one attached hydrogen (secondary N) is 1. The largest absolute Gasteiger partial charge is 0.364 e. The molecule has 9 heteroatoms. The van der Waals surface area contributed by atoms with Crippen molar-refractivity contribution in [2.75, 3.05) is 29.9 Å². The van der Waals surface area contributed by atoms with Gasteiger partial charge in [0.1, 0.15) is 19.4 Å². The van der Waals surface area contributed by atoms with Crippen LogP contribution in [0.15, 0.2) is 6.33 Å². The molecule has 0 saturated heterocycles. The lowest BCUT2D eigenvalue weighted by Crippen LogP contribution is -2.26. The maximum absolute atomic E-state index is 11.6. The normalized spacial score (nSPS) is 10.4. The second kappa shape index (κ2) is 18.6. The van der Waals surface area contributed by atoms with E-state index >= 15 is 0 Å². The van der Waals surface area contributed by atoms with Gasteiger partial charge in [0, 0.05) is 6.54 Å². The number of nitro groups is 1. The van der Waals surface area contributed by atoms with Gasteiger partial charge in [0.15, 0.2) is 0 Å². The van der Waals surface area contributed by atoms with Crippen molar-refractivity contribution in [3.8, 4) is 12.1 Å². The molecule has 0 spiro atoms. The van der Waals surface area contributed by atoms with Gasteiger partial charge in [-0.25, -0.2) is 9.97 Å². The monoisotopic (exact) mass is 457 g/mol. The molecule has 0 unspecified atom stereocenters. The van der Waals surface area contributed by atoms with E-state index in [4.69, 9.17) is 10.5 Å². The molecule has 0 atom stereocenters. The lowest BCUT2D eigenvalue weighted by atomic mass is 10.0. The summed E-state index contributed by atoms with van der Waals surface area (Å²) in [6.45, 7) is 2.50. The van der Waals surface area contributed by atoms with Gasteiger partial charge in [0.05, 0.1) is 17.1 Å². The number of anilines is 2. The standard InChI is InChI=1S/C24H39N7O2/c1-2-3-4-5-6-7-8-9-10-11-12-13-14-15-18-27-23-22(31(32)33)24(29-21-28-23)30(19-16-25)20-17-26/h21H,2-15,18-20H2,1H3,(H,27,28,29). The van der Waals surface area contributed by atoms with Gasteiger partial charge in [-0.2, -0.15) is 10.5 Å². The van der Waals surface area contributed by atoms with Crippen LogP contribution in [0, 0.1) is 32.8 Å². The molecular formula is C24H39N7O2. The SMILES string of the molecule is CCCCCCCCCCCCCCCCNc1ncnc(N(CC#N)CC#N)c1[N+](=O)[O-]. The molecule has 0 saturated carbocycles. The van der Waals surface area contributed by atoms with Crippen LogP contribution >= 0.6 is 0 Å². The molecule has 1 aromatic heterocycles. The summed E-state index contributed by atoms with van der Waals surface area (Å²) in [5, 5.41) is 32.5. The Balaban J connectivity index is 2.26. The van der Waals surface area contributed by atoms with Crippen molar-refractivity contribution in [2.45, 2.75) is 96.8 Å². The fourth-order valence-corrected chi connectivity index (χ4v) is 3.80. The fourth-order valence-electron chi connectivity index (χ4n) is 3.80. The van der Waals surface area contributed by atoms with Crippen LogP contribution < -0.4 is 10.2 Å². The van der Waals surface area contributed by atoms with Gasteiger partial charge in [-0.05, 0) is 6.42 Å². The van der Waals surface area contributed by atoms with Crippen molar-refractivity contribution in [1.82, 2.24) is 9.97 Å². The molecule has 0 aliphatic carbocycles. The van der Waals surface area contributed by atoms with Gasteiger partial charge in [0.2, 0.25) is 11.6 Å². The number of hydrogen-bond donors (Lipinski definition) is 1. The quantitative estimate of drug-likeness (QED) is 0.107. The van der Waals surface area contributed by atoms with Crippen molar-refractivity contribution < 1.29 is 4.92 Å². The summed E-state index contributed by atoms with van der Waals surface area (Å²) in [5.74, 6) is 0.113. The van der Waals surface area contributed by atoms with E-state index in [2.05, 4.69) is 22.2 Å². The van der Waals surface area contributed by atoms with Crippen molar-refractivity contribution >= 4 is 17.3 Å². The van der Waals surface area contributed by atoms with Crippen LogP contribution in [0.1, 0.15) is 96.8 Å². The lowest BCUT2D eigenvalue weighted by molar-refractivity contribution is -0.383. The smallest absolute Gasteiger partial charge is 0.353 e. The van der Waals surface area contributed by atoms with Crippen LogP contribution in [-0.4, -0.2) is 34.5 Å². The first-order chi connectivity index (χ1) is 16.2. The van der Waals surface area contributed by atoms with E-state index < -0.39 is 4.92 Å². The minimum Gasteiger partial charge on any atom is -0.364 e. The van der Waals surface area contributed by atoms with Gasteiger partial charge in [-0.15, -0.1) is 0 Å². The molecule has 1 N–H and O–H groups in total. The van der Waals surface area contributed by atoms with Crippen LogP contribution in [0.25, 0.3) is 0 Å². The zero-order chi connectivity index (χ0) is 24.2. The van der Waals surface area contributed by atoms with Crippen LogP contribution in [-0.2, 0) is 0 Å². The molecule has 0 radical (unpaired) electrons. The molecule has 1 rings (SSSR count). The first-order valence-corrected chi connectivity index (χ1v) is 12.4. The maximum atomic E-state index is 11.6. The first-order valence-electron chi connectivity index (χ1n) is 12.4. The Bertz CT molecular complexity index is 742. The summed E-state index contributed by atoms with van der Waals surface area (Å²) in [5.41, 5.74) is -0.298. The van der Waals surface area contributed by atoms with E-state index in [0.717, 1.165) is 19.3 Å². The third-order valence-electron chi connectivity index (χ3n) is 5.63. The van der Waals surface area contributed by atoms with E-state index in [-0.39, 0.29) is 30.4 Å². The van der Waals surface area contributed by atoms with E-state index in [0.29, 0.717) is 6.54 Å². The van der Waals surface area contributed by atoms with Gasteiger partial charge in [-0.3, -0.25) is 10.1 Å². The maximum Gasteiger partial charge on any atom is 0.353 e. The van der Waals surface area contributed by atoms with Gasteiger partial charge in [0.25, 0.3) is 0 Å². The third-order valence-corrected chi connectivity index (χ3v) is 5.63. The van der Waals surface area contributed by atoms with Crippen LogP contribution in [0.5, 0.6) is 0 Å². The number of nitriles is 2. The predicted molar refractivity (Wildman–Crippen MR) is 131 cm³/mol. The highest BCUT2D eigenvalue weighted by molar-refractivity contribution is 5.70. The summed E-state index contributed by atoms with van der Waals surface area (Å²) in [4.78, 5) is 20.3. The van der Waals surface area contributed by atoms with Crippen molar-refractivity contribution in [2.24, 2.45) is 0 Å². The fraction of sp³-hybridized carbons (Fsp3) is 0.750. The molecule has 0 aliphatic heterocycles. The van der Waals surface area contributed by atoms with Gasteiger partial charge < -0.3 is 10.2 Å². The van der Waals surface area contributed by atoms with Crippen LogP contribution in [0.4, 0.5) is 17.3 Å². The molecular weight excluding hydrogens is 418 g/mol. The molecule has 1 aromatic rings. The molecule has 33 heavy (non-hydrogen) atoms. The molecule has 0 amide bonds. The van der Waals surface area contributed by atoms with Crippen LogP contribution in [0.3, 0.4) is 0 Å². The molecule has 9 nitrogen and oxygen atoms in total. The number of rotatable bonds is 20. The van der Waals surface area contributed by atoms with Crippen LogP contribution in [0.2, 0.25) is 0 Å². The number of nitrogens with zero attached hydrogens (tertiary/aromatic N) is 6. The number of hydrogen-bond acceptors (Lipinski definition) is 8. The summed E-state index contributed by atoms with van der Waals surface area (Å²) in [6.07, 6.45) is 19.1. The topological polar surface area (TPSA) is 132 Å². The Hall–Kier alpha value is -2.94. The molecule has 0 fully saturated rings. The average Bonchev–Trinajstić information content (AvgIpc) is 2.81. The van der Waals surface area contributed by atoms with E-state index in [1.54, 1.807) is 0 Å². The van der Waals surface area contributed by atoms with E-state index in [1.807, 2.05) is 12.1 Å². The Morgan fingerprint density at radius 3 is 1.82 bits per heavy atom. The second-order valence-corrected chi connectivity index (χ2v) is 8.35. The molecule has 0 aromatic carbocycles. The highest BCUT2D eigenvalue weighted by Gasteiger charge is 2.26. The number of unbranched alkanes of at least 4 members (excludes halogenated alkanes) is 13. The molecule has 0 bridgehead atoms. The van der Waals surface area contributed by atoms with Gasteiger partial charge in [-0.1, -0.05) is 90.4 Å². The Labute approximate surface area is 198 Å². The highest BCUT2D eigenvalue weighted by atomic mass is 16.6. The Morgan fingerprint density at radius 2 is 1.36 bits per heavy atom. The number of aromatic nitrogens is 2. The summed E-state index contributed by atoms with van der Waals surface area (Å²) >= 11 is 0. The predicted octanol–water partition coefficient (Wildman–Crippen LogP) is 6.13. The Kier molecular flexibility index (Phi) is 15.8. The summed E-state index contributed by atoms with van der Waals surface area (Å²) in [6, 6.07) is 3.82. The summed E-state index contributed by atoms with van der Waals surface area (Å²) in [7, 11) is 0. The average molecular weight is 458 g/mol. The van der Waals surface area contributed by atoms with Gasteiger partial charge >= 0.3 is 5.69 Å². The Morgan fingerprint density at radius 1 is 0.879 bits per heavy atom. The minimum atomic E-state index is -0.565. The first kappa shape index (κ1) is 28.1. The zero-order valence-corrected chi connectivity index (χ0v) is 20.1. The van der Waals surface area contributed by atoms with Crippen molar-refractivity contribution in [3.63, 3.8) is 0 Å². The highest BCUT2D eigenvalue weighted by Crippen LogP contribution is 2.31. The second-order valence-electron chi connectivity index (χ2n) is 8.35. The van der Waals surface area contributed by atoms with Crippen molar-refractivity contribution in [3.05, 3.63) is 16.4 Å². The van der Waals surface area contributed by atoms with E-state index in [9.17, 15) is 10.1 Å². The summed E-state index contributed by atoms with van der Waals surface area (Å²) < 4.78 is 0. The van der Waals surface area contributed by atoms with E-state index in [1.165, 1.54) is 81.9 Å². The minimum absolute atomic E-state index is 0.0124. The molecule has 1 heterocycles. The zero-order valence-electron chi connectivity index (χ0n) is 20.1. The molecule has 0 aliphatic rings.